The summed E-state index contributed by atoms with van der Waals surface area (Å²) in [6.07, 6.45) is 2.52. The van der Waals surface area contributed by atoms with Crippen LogP contribution in [-0.2, 0) is 4.79 Å². The molecule has 0 saturated heterocycles. The monoisotopic (exact) mass is 374 g/mol. The fraction of sp³-hybridized carbons (Fsp3) is 0.227. The second-order valence-electron chi connectivity index (χ2n) is 7.35. The summed E-state index contributed by atoms with van der Waals surface area (Å²) in [7, 11) is 0. The molecule has 0 bridgehead atoms. The summed E-state index contributed by atoms with van der Waals surface area (Å²) in [5.41, 5.74) is 4.20. The van der Waals surface area contributed by atoms with Gasteiger partial charge in [0.15, 0.2) is 5.78 Å². The molecule has 28 heavy (non-hydrogen) atoms. The molecule has 1 aliphatic heterocycles. The van der Waals surface area contributed by atoms with E-state index in [4.69, 9.17) is 0 Å². The molecule has 2 atom stereocenters. The molecule has 6 heteroatoms. The van der Waals surface area contributed by atoms with Crippen molar-refractivity contribution in [3.05, 3.63) is 88.6 Å². The molecule has 0 spiro atoms. The predicted octanol–water partition coefficient (Wildman–Crippen LogP) is 4.14. The summed E-state index contributed by atoms with van der Waals surface area (Å²) in [5.74, 6) is 0.300. The number of nitrogens with zero attached hydrogens (tertiary/aromatic N) is 3. The van der Waals surface area contributed by atoms with E-state index < -0.39 is 6.04 Å². The Hall–Kier alpha value is -3.28. The number of allylic oxidation sites excluding steroid dienone is 2. The molecule has 5 rings (SSSR count). The summed E-state index contributed by atoms with van der Waals surface area (Å²) >= 11 is 0. The molecule has 2 heterocycles. The van der Waals surface area contributed by atoms with Gasteiger partial charge >= 0.3 is 0 Å². The number of ketones is 1. The van der Waals surface area contributed by atoms with Gasteiger partial charge in [-0.15, -0.1) is 0 Å². The number of carbonyl (C=O) groups is 1. The quantitative estimate of drug-likeness (QED) is 0.732. The molecule has 2 aromatic carbocycles. The van der Waals surface area contributed by atoms with Gasteiger partial charge < -0.3 is 5.32 Å². The third-order valence-corrected chi connectivity index (χ3v) is 5.69. The molecule has 1 aromatic heterocycles. The lowest BCUT2D eigenvalue weighted by Gasteiger charge is -2.35. The fourth-order valence-corrected chi connectivity index (χ4v) is 4.40. The maximum absolute atomic E-state index is 14.6. The molecule has 0 fully saturated rings. The van der Waals surface area contributed by atoms with Gasteiger partial charge in [0.25, 0.3) is 0 Å². The zero-order chi connectivity index (χ0) is 19.3. The first-order chi connectivity index (χ1) is 13.6. The van der Waals surface area contributed by atoms with Crippen LogP contribution in [0.5, 0.6) is 0 Å². The van der Waals surface area contributed by atoms with Crippen LogP contribution in [0, 0.1) is 12.7 Å². The topological polar surface area (TPSA) is 59.8 Å². The van der Waals surface area contributed by atoms with E-state index in [9.17, 15) is 9.18 Å². The fourth-order valence-electron chi connectivity index (χ4n) is 4.40. The minimum atomic E-state index is -0.597. The lowest BCUT2D eigenvalue weighted by Crippen LogP contribution is -2.34. The second-order valence-corrected chi connectivity index (χ2v) is 7.35. The third kappa shape index (κ3) is 2.56. The zero-order valence-electron chi connectivity index (χ0n) is 15.4. The highest BCUT2D eigenvalue weighted by molar-refractivity contribution is 6.00. The number of halogens is 1. The standard InChI is InChI=1S/C22H19FN4O/c1-13-6-2-3-7-15(13)14-10-18-20(19(28)11-14)21(16-8-4-5-9-17(16)23)27-22(26-18)24-12-25-27/h2-9,12,14,21H,10-11H2,1H3,(H,24,25,26)/t14-,21-/m0/s1. The highest BCUT2D eigenvalue weighted by Gasteiger charge is 2.40. The smallest absolute Gasteiger partial charge is 0.226 e. The van der Waals surface area contributed by atoms with E-state index in [1.54, 1.807) is 22.9 Å². The van der Waals surface area contributed by atoms with Crippen molar-refractivity contribution >= 4 is 11.7 Å². The van der Waals surface area contributed by atoms with Crippen molar-refractivity contribution in [1.29, 1.82) is 0 Å². The van der Waals surface area contributed by atoms with Crippen LogP contribution >= 0.6 is 0 Å². The van der Waals surface area contributed by atoms with Crippen molar-refractivity contribution in [3.8, 4) is 0 Å². The normalized spacial score (nSPS) is 21.1. The highest BCUT2D eigenvalue weighted by atomic mass is 19.1. The van der Waals surface area contributed by atoms with Crippen molar-refractivity contribution in [2.75, 3.05) is 5.32 Å². The summed E-state index contributed by atoms with van der Waals surface area (Å²) in [6.45, 7) is 2.07. The summed E-state index contributed by atoms with van der Waals surface area (Å²) < 4.78 is 16.2. The SMILES string of the molecule is Cc1ccccc1[C@@H]1CC(=O)C2=C(C1)Nc1ncnn1[C@H]2c1ccccc1F. The van der Waals surface area contributed by atoms with Crippen LogP contribution in [0.3, 0.4) is 0 Å². The van der Waals surface area contributed by atoms with E-state index >= 15 is 0 Å². The van der Waals surface area contributed by atoms with E-state index in [0.717, 1.165) is 5.70 Å². The summed E-state index contributed by atoms with van der Waals surface area (Å²) in [4.78, 5) is 17.5. The van der Waals surface area contributed by atoms with E-state index in [-0.39, 0.29) is 17.5 Å². The number of aryl methyl sites for hydroxylation is 1. The van der Waals surface area contributed by atoms with Crippen molar-refractivity contribution in [2.45, 2.75) is 31.7 Å². The predicted molar refractivity (Wildman–Crippen MR) is 103 cm³/mol. The van der Waals surface area contributed by atoms with Gasteiger partial charge in [-0.1, -0.05) is 42.5 Å². The van der Waals surface area contributed by atoms with Gasteiger partial charge in [0.1, 0.15) is 18.2 Å². The van der Waals surface area contributed by atoms with Gasteiger partial charge in [-0.25, -0.2) is 9.07 Å². The average molecular weight is 374 g/mol. The molecular weight excluding hydrogens is 355 g/mol. The molecule has 0 saturated carbocycles. The van der Waals surface area contributed by atoms with Gasteiger partial charge in [-0.05, 0) is 36.5 Å². The van der Waals surface area contributed by atoms with Crippen LogP contribution in [0.2, 0.25) is 0 Å². The Bertz CT molecular complexity index is 1120. The molecule has 3 aromatic rings. The van der Waals surface area contributed by atoms with Crippen LogP contribution in [0.25, 0.3) is 0 Å². The zero-order valence-corrected chi connectivity index (χ0v) is 15.4. The minimum absolute atomic E-state index is 0.0245. The highest BCUT2D eigenvalue weighted by Crippen LogP contribution is 2.44. The largest absolute Gasteiger partial charge is 0.328 e. The molecule has 0 unspecified atom stereocenters. The number of fused-ring (bicyclic) bond motifs is 1. The maximum atomic E-state index is 14.6. The third-order valence-electron chi connectivity index (χ3n) is 5.69. The lowest BCUT2D eigenvalue weighted by atomic mass is 9.77. The Morgan fingerprint density at radius 1 is 1.07 bits per heavy atom. The summed E-state index contributed by atoms with van der Waals surface area (Å²) in [6, 6.07) is 14.1. The molecular formula is C22H19FN4O. The van der Waals surface area contributed by atoms with Crippen molar-refractivity contribution in [2.24, 2.45) is 0 Å². The van der Waals surface area contributed by atoms with E-state index in [1.165, 1.54) is 23.5 Å². The minimum Gasteiger partial charge on any atom is -0.328 e. The number of nitrogens with one attached hydrogen (secondary N) is 1. The van der Waals surface area contributed by atoms with Gasteiger partial charge in [-0.3, -0.25) is 4.79 Å². The Balaban J connectivity index is 1.63. The van der Waals surface area contributed by atoms with E-state index in [1.807, 2.05) is 12.1 Å². The van der Waals surface area contributed by atoms with E-state index in [2.05, 4.69) is 34.5 Å². The van der Waals surface area contributed by atoms with Crippen LogP contribution in [0.15, 0.2) is 66.1 Å². The molecule has 0 radical (unpaired) electrons. The van der Waals surface area contributed by atoms with Crippen molar-refractivity contribution < 1.29 is 9.18 Å². The number of anilines is 1. The first-order valence-electron chi connectivity index (χ1n) is 9.36. The first-order valence-corrected chi connectivity index (χ1v) is 9.36. The number of Topliss-reactive ketones (excluding diaryl/α,β-unsaturated/α-hetero) is 1. The van der Waals surface area contributed by atoms with Crippen LogP contribution in [0.1, 0.15) is 41.5 Å². The molecule has 0 amide bonds. The Labute approximate surface area is 161 Å². The number of benzene rings is 2. The lowest BCUT2D eigenvalue weighted by molar-refractivity contribution is -0.116. The van der Waals surface area contributed by atoms with Gasteiger partial charge in [-0.2, -0.15) is 10.1 Å². The van der Waals surface area contributed by atoms with Crippen LogP contribution in [0.4, 0.5) is 10.3 Å². The number of hydrogen-bond donors (Lipinski definition) is 1. The molecule has 2 aliphatic rings. The number of rotatable bonds is 2. The first kappa shape index (κ1) is 16.9. The number of hydrogen-bond acceptors (Lipinski definition) is 4. The van der Waals surface area contributed by atoms with Gasteiger partial charge in [0, 0.05) is 23.3 Å². The maximum Gasteiger partial charge on any atom is 0.226 e. The van der Waals surface area contributed by atoms with Crippen molar-refractivity contribution in [3.63, 3.8) is 0 Å². The Morgan fingerprint density at radius 3 is 2.61 bits per heavy atom. The van der Waals surface area contributed by atoms with Crippen molar-refractivity contribution in [1.82, 2.24) is 14.8 Å². The summed E-state index contributed by atoms with van der Waals surface area (Å²) in [5, 5.41) is 7.54. The molecule has 5 nitrogen and oxygen atoms in total. The molecule has 1 aliphatic carbocycles. The Morgan fingerprint density at radius 2 is 1.82 bits per heavy atom. The Kier molecular flexibility index (Phi) is 3.86. The van der Waals surface area contributed by atoms with Gasteiger partial charge in [0.2, 0.25) is 5.95 Å². The van der Waals surface area contributed by atoms with Gasteiger partial charge in [0.05, 0.1) is 0 Å². The van der Waals surface area contributed by atoms with E-state index in [0.29, 0.717) is 29.9 Å². The average Bonchev–Trinajstić information content (AvgIpc) is 3.15. The number of carbonyl (C=O) groups excluding carboxylic acids is 1. The van der Waals surface area contributed by atoms with Crippen LogP contribution in [-0.4, -0.2) is 20.5 Å². The second kappa shape index (κ2) is 6.41. The molecule has 1 N–H and O–H groups in total. The molecule has 140 valence electrons. The number of aromatic nitrogens is 3. The van der Waals surface area contributed by atoms with Crippen LogP contribution < -0.4 is 5.32 Å².